The molecular formula is C22H30N6O2. The summed E-state index contributed by atoms with van der Waals surface area (Å²) in [7, 11) is 1.81. The zero-order chi connectivity index (χ0) is 21.5. The minimum atomic E-state index is -0.175. The molecule has 2 aromatic heterocycles. The van der Waals surface area contributed by atoms with E-state index < -0.39 is 0 Å². The third-order valence-corrected chi connectivity index (χ3v) is 5.02. The Labute approximate surface area is 176 Å². The van der Waals surface area contributed by atoms with Crippen LogP contribution in [0.3, 0.4) is 0 Å². The van der Waals surface area contributed by atoms with E-state index in [0.717, 1.165) is 23.4 Å². The van der Waals surface area contributed by atoms with E-state index in [9.17, 15) is 9.59 Å². The molecule has 1 amide bonds. The van der Waals surface area contributed by atoms with Gasteiger partial charge in [0.15, 0.2) is 0 Å². The predicted molar refractivity (Wildman–Crippen MR) is 121 cm³/mol. The first kappa shape index (κ1) is 21.6. The molecule has 8 nitrogen and oxygen atoms in total. The molecule has 1 atom stereocenters. The number of H-pyrrole nitrogens is 1. The van der Waals surface area contributed by atoms with E-state index in [1.165, 1.54) is 0 Å². The van der Waals surface area contributed by atoms with Gasteiger partial charge in [-0.2, -0.15) is 0 Å². The Morgan fingerprint density at radius 1 is 1.37 bits per heavy atom. The minimum Gasteiger partial charge on any atom is -0.376 e. The SMILES string of the molecule is CNc1cc(-c2c[nH]c(=O)c(N[C@H]3CCN(C(=O)/C=C/CNC(C)C)C3)c2)ccn1. The Kier molecular flexibility index (Phi) is 7.24. The number of nitrogens with one attached hydrogen (secondary N) is 4. The molecule has 0 aromatic carbocycles. The van der Waals surface area contributed by atoms with Crippen molar-refractivity contribution in [3.8, 4) is 11.1 Å². The Balaban J connectivity index is 1.63. The van der Waals surface area contributed by atoms with Crippen LogP contribution in [0.1, 0.15) is 20.3 Å². The van der Waals surface area contributed by atoms with Crippen LogP contribution >= 0.6 is 0 Å². The highest BCUT2D eigenvalue weighted by Crippen LogP contribution is 2.22. The lowest BCUT2D eigenvalue weighted by atomic mass is 10.1. The first-order valence-electron chi connectivity index (χ1n) is 10.3. The Hall–Kier alpha value is -3.13. The Morgan fingerprint density at radius 2 is 2.20 bits per heavy atom. The van der Waals surface area contributed by atoms with Crippen molar-refractivity contribution in [1.82, 2.24) is 20.2 Å². The zero-order valence-corrected chi connectivity index (χ0v) is 17.7. The molecule has 0 radical (unpaired) electrons. The number of aromatic amines is 1. The summed E-state index contributed by atoms with van der Waals surface area (Å²) in [5, 5.41) is 9.57. The molecule has 160 valence electrons. The number of aromatic nitrogens is 2. The highest BCUT2D eigenvalue weighted by molar-refractivity contribution is 5.87. The molecule has 1 fully saturated rings. The maximum Gasteiger partial charge on any atom is 0.271 e. The minimum absolute atomic E-state index is 0.00361. The quantitative estimate of drug-likeness (QED) is 0.497. The number of carbonyl (C=O) groups is 1. The Bertz CT molecular complexity index is 953. The van der Waals surface area contributed by atoms with Crippen molar-refractivity contribution in [2.75, 3.05) is 37.3 Å². The van der Waals surface area contributed by atoms with E-state index in [1.54, 1.807) is 18.5 Å². The normalized spacial score (nSPS) is 16.4. The van der Waals surface area contributed by atoms with Gasteiger partial charge in [-0.15, -0.1) is 0 Å². The van der Waals surface area contributed by atoms with Crippen molar-refractivity contribution in [2.45, 2.75) is 32.4 Å². The first-order chi connectivity index (χ1) is 14.5. The molecule has 1 aliphatic rings. The molecule has 1 aliphatic heterocycles. The van der Waals surface area contributed by atoms with E-state index in [0.29, 0.717) is 31.4 Å². The van der Waals surface area contributed by atoms with Crippen LogP contribution < -0.4 is 21.5 Å². The average Bonchev–Trinajstić information content (AvgIpc) is 3.21. The average molecular weight is 411 g/mol. The Morgan fingerprint density at radius 3 is 2.97 bits per heavy atom. The molecule has 0 unspecified atom stereocenters. The van der Waals surface area contributed by atoms with Crippen molar-refractivity contribution >= 4 is 17.4 Å². The third kappa shape index (κ3) is 5.70. The smallest absolute Gasteiger partial charge is 0.271 e. The molecule has 0 spiro atoms. The molecule has 1 saturated heterocycles. The highest BCUT2D eigenvalue weighted by atomic mass is 16.2. The van der Waals surface area contributed by atoms with Crippen molar-refractivity contribution in [3.63, 3.8) is 0 Å². The summed E-state index contributed by atoms with van der Waals surface area (Å²) in [5.41, 5.74) is 2.18. The number of pyridine rings is 2. The van der Waals surface area contributed by atoms with Crippen molar-refractivity contribution < 1.29 is 4.79 Å². The lowest BCUT2D eigenvalue weighted by Crippen LogP contribution is -2.31. The standard InChI is InChI=1S/C22H30N6O2/c1-15(2)24-8-4-5-21(29)28-10-7-18(14-28)27-19-11-17(13-26-22(19)30)16-6-9-25-20(12-16)23-3/h4-6,9,11-13,15,18,24,27H,7-8,10,14H2,1-3H3,(H,23,25)(H,26,30)/b5-4+/t18-/m0/s1. The van der Waals surface area contributed by atoms with Crippen molar-refractivity contribution in [2.24, 2.45) is 0 Å². The third-order valence-electron chi connectivity index (χ3n) is 5.02. The van der Waals surface area contributed by atoms with Gasteiger partial charge in [0.1, 0.15) is 11.5 Å². The maximum absolute atomic E-state index is 12.4. The number of carbonyl (C=O) groups excluding carboxylic acids is 1. The molecule has 0 aliphatic carbocycles. The zero-order valence-electron chi connectivity index (χ0n) is 17.7. The van der Waals surface area contributed by atoms with Crippen LogP contribution in [-0.2, 0) is 4.79 Å². The van der Waals surface area contributed by atoms with Gasteiger partial charge >= 0.3 is 0 Å². The maximum atomic E-state index is 12.4. The van der Waals surface area contributed by atoms with Crippen LogP contribution in [0, 0.1) is 0 Å². The van der Waals surface area contributed by atoms with Crippen molar-refractivity contribution in [3.05, 3.63) is 53.1 Å². The van der Waals surface area contributed by atoms with E-state index in [2.05, 4.69) is 39.8 Å². The van der Waals surface area contributed by atoms with E-state index in [4.69, 9.17) is 0 Å². The number of anilines is 2. The second-order valence-electron chi connectivity index (χ2n) is 7.69. The summed E-state index contributed by atoms with van der Waals surface area (Å²) in [6, 6.07) is 6.09. The number of hydrogen-bond donors (Lipinski definition) is 4. The molecule has 0 saturated carbocycles. The number of rotatable bonds is 8. The highest BCUT2D eigenvalue weighted by Gasteiger charge is 2.25. The molecule has 3 rings (SSSR count). The molecule has 3 heterocycles. The van der Waals surface area contributed by atoms with Gasteiger partial charge in [-0.05, 0) is 30.2 Å². The number of nitrogens with zero attached hydrogens (tertiary/aromatic N) is 2. The van der Waals surface area contributed by atoms with Crippen molar-refractivity contribution in [1.29, 1.82) is 0 Å². The lowest BCUT2D eigenvalue weighted by Gasteiger charge is -2.16. The van der Waals surface area contributed by atoms with Gasteiger partial charge in [0, 0.05) is 62.8 Å². The summed E-state index contributed by atoms with van der Waals surface area (Å²) in [6.07, 6.45) is 7.69. The van der Waals surface area contributed by atoms with E-state index >= 15 is 0 Å². The van der Waals surface area contributed by atoms with Crippen LogP contribution in [0.25, 0.3) is 11.1 Å². The molecule has 0 bridgehead atoms. The van der Waals surface area contributed by atoms with Gasteiger partial charge in [0.2, 0.25) is 5.91 Å². The van der Waals surface area contributed by atoms with Gasteiger partial charge in [-0.1, -0.05) is 19.9 Å². The largest absolute Gasteiger partial charge is 0.376 e. The van der Waals surface area contributed by atoms with Crippen LogP contribution in [0.5, 0.6) is 0 Å². The molecule has 2 aromatic rings. The lowest BCUT2D eigenvalue weighted by molar-refractivity contribution is -0.125. The monoisotopic (exact) mass is 410 g/mol. The van der Waals surface area contributed by atoms with Gasteiger partial charge in [-0.3, -0.25) is 9.59 Å². The van der Waals surface area contributed by atoms with Crippen LogP contribution in [-0.4, -0.2) is 59.5 Å². The topological polar surface area (TPSA) is 102 Å². The fourth-order valence-electron chi connectivity index (χ4n) is 3.37. The molecule has 30 heavy (non-hydrogen) atoms. The number of amides is 1. The van der Waals surface area contributed by atoms with Gasteiger partial charge in [0.25, 0.3) is 5.56 Å². The predicted octanol–water partition coefficient (Wildman–Crippen LogP) is 2.05. The van der Waals surface area contributed by atoms with Crippen LogP contribution in [0.4, 0.5) is 11.5 Å². The van der Waals surface area contributed by atoms with Crippen LogP contribution in [0.15, 0.2) is 47.5 Å². The van der Waals surface area contributed by atoms with Gasteiger partial charge < -0.3 is 25.8 Å². The summed E-state index contributed by atoms with van der Waals surface area (Å²) in [6.45, 7) is 6.05. The number of likely N-dealkylation sites (tertiary alicyclic amines) is 1. The second kappa shape index (κ2) is 10.1. The number of hydrogen-bond acceptors (Lipinski definition) is 6. The summed E-state index contributed by atoms with van der Waals surface area (Å²) in [4.78, 5) is 33.5. The van der Waals surface area contributed by atoms with Crippen LogP contribution in [0.2, 0.25) is 0 Å². The van der Waals surface area contributed by atoms with Gasteiger partial charge in [0.05, 0.1) is 0 Å². The first-order valence-corrected chi connectivity index (χ1v) is 10.3. The van der Waals surface area contributed by atoms with E-state index in [1.807, 2.05) is 36.2 Å². The molecule has 8 heteroatoms. The summed E-state index contributed by atoms with van der Waals surface area (Å²) in [5.74, 6) is 0.763. The van der Waals surface area contributed by atoms with Gasteiger partial charge in [-0.25, -0.2) is 4.98 Å². The molecular weight excluding hydrogens is 380 g/mol. The fraction of sp³-hybridized carbons (Fsp3) is 0.409. The summed E-state index contributed by atoms with van der Waals surface area (Å²) < 4.78 is 0. The fourth-order valence-corrected chi connectivity index (χ4v) is 3.37. The molecule has 4 N–H and O–H groups in total. The van der Waals surface area contributed by atoms with E-state index in [-0.39, 0.29) is 17.5 Å². The summed E-state index contributed by atoms with van der Waals surface area (Å²) >= 11 is 0. The second-order valence-corrected chi connectivity index (χ2v) is 7.69.